The highest BCUT2D eigenvalue weighted by Crippen LogP contribution is 2.34. The lowest BCUT2D eigenvalue weighted by Gasteiger charge is -2.32. The summed E-state index contributed by atoms with van der Waals surface area (Å²) in [6.45, 7) is 5.27. The lowest BCUT2D eigenvalue weighted by atomic mass is 9.76. The first-order valence-electron chi connectivity index (χ1n) is 7.75. The highest BCUT2D eigenvalue weighted by molar-refractivity contribution is 4.78. The Morgan fingerprint density at radius 2 is 1.88 bits per heavy atom. The minimum absolute atomic E-state index is 0.631. The van der Waals surface area contributed by atoms with Gasteiger partial charge in [-0.15, -0.1) is 0 Å². The van der Waals surface area contributed by atoms with Crippen LogP contribution >= 0.6 is 0 Å². The Kier molecular flexibility index (Phi) is 7.87. The summed E-state index contributed by atoms with van der Waals surface area (Å²) >= 11 is 0. The van der Waals surface area contributed by atoms with Gasteiger partial charge in [-0.25, -0.2) is 0 Å². The third-order valence-corrected chi connectivity index (χ3v) is 4.47. The first-order valence-corrected chi connectivity index (χ1v) is 7.75. The van der Waals surface area contributed by atoms with E-state index >= 15 is 0 Å². The summed E-state index contributed by atoms with van der Waals surface area (Å²) in [6.07, 6.45) is 12.6. The maximum Gasteiger partial charge on any atom is 0.0430 e. The zero-order valence-electron chi connectivity index (χ0n) is 11.9. The van der Waals surface area contributed by atoms with Gasteiger partial charge in [-0.2, -0.15) is 0 Å². The van der Waals surface area contributed by atoms with E-state index in [1.54, 1.807) is 0 Å². The summed E-state index contributed by atoms with van der Waals surface area (Å²) in [7, 11) is 0. The van der Waals surface area contributed by atoms with Gasteiger partial charge in [-0.05, 0) is 24.7 Å². The number of rotatable bonds is 8. The number of nitrogens with one attached hydrogen (secondary N) is 1. The van der Waals surface area contributed by atoms with Crippen molar-refractivity contribution in [2.24, 2.45) is 17.6 Å². The number of hydrogen-bond acceptors (Lipinski definition) is 2. The Hall–Kier alpha value is -0.0800. The van der Waals surface area contributed by atoms with Gasteiger partial charge in [0.05, 0.1) is 0 Å². The predicted octanol–water partition coefficient (Wildman–Crippen LogP) is 3.66. The molecule has 1 saturated carbocycles. The van der Waals surface area contributed by atoms with Gasteiger partial charge in [-0.3, -0.25) is 0 Å². The summed E-state index contributed by atoms with van der Waals surface area (Å²) < 4.78 is 0. The second kappa shape index (κ2) is 8.93. The van der Waals surface area contributed by atoms with E-state index in [1.807, 2.05) is 0 Å². The highest BCUT2D eigenvalue weighted by atomic mass is 15.0. The average molecular weight is 240 g/mol. The van der Waals surface area contributed by atoms with Gasteiger partial charge in [0.2, 0.25) is 0 Å². The zero-order chi connectivity index (χ0) is 12.5. The van der Waals surface area contributed by atoms with Crippen LogP contribution in [0.15, 0.2) is 0 Å². The van der Waals surface area contributed by atoms with Crippen molar-refractivity contribution in [1.82, 2.24) is 5.32 Å². The van der Waals surface area contributed by atoms with E-state index in [-0.39, 0.29) is 0 Å². The molecule has 2 heteroatoms. The van der Waals surface area contributed by atoms with Crippen molar-refractivity contribution in [3.05, 3.63) is 0 Å². The first kappa shape index (κ1) is 15.0. The molecule has 2 atom stereocenters. The molecule has 0 amide bonds. The Balaban J connectivity index is 2.41. The molecule has 0 radical (unpaired) electrons. The fraction of sp³-hybridized carbons (Fsp3) is 1.00. The SMILES string of the molecule is CCCC(CC(CC)C1CCCCC1)NCN. The molecule has 1 fully saturated rings. The van der Waals surface area contributed by atoms with Gasteiger partial charge in [0.1, 0.15) is 0 Å². The van der Waals surface area contributed by atoms with E-state index < -0.39 is 0 Å². The van der Waals surface area contributed by atoms with Crippen LogP contribution in [0.2, 0.25) is 0 Å². The predicted molar refractivity (Wildman–Crippen MR) is 75.9 cm³/mol. The van der Waals surface area contributed by atoms with Crippen molar-refractivity contribution in [3.63, 3.8) is 0 Å². The molecule has 0 aromatic carbocycles. The molecule has 0 saturated heterocycles. The molecule has 3 N–H and O–H groups in total. The summed E-state index contributed by atoms with van der Waals surface area (Å²) in [5.74, 6) is 1.92. The monoisotopic (exact) mass is 240 g/mol. The topological polar surface area (TPSA) is 38.0 Å². The van der Waals surface area contributed by atoms with Gasteiger partial charge >= 0.3 is 0 Å². The second-order valence-electron chi connectivity index (χ2n) is 5.70. The zero-order valence-corrected chi connectivity index (χ0v) is 11.9. The molecule has 2 unspecified atom stereocenters. The summed E-state index contributed by atoms with van der Waals surface area (Å²) in [5.41, 5.74) is 5.64. The van der Waals surface area contributed by atoms with Crippen LogP contribution in [0.5, 0.6) is 0 Å². The Labute approximate surface area is 108 Å². The van der Waals surface area contributed by atoms with Crippen LogP contribution in [0.3, 0.4) is 0 Å². The van der Waals surface area contributed by atoms with Crippen molar-refractivity contribution in [1.29, 1.82) is 0 Å². The van der Waals surface area contributed by atoms with Gasteiger partial charge < -0.3 is 11.1 Å². The molecule has 0 aromatic heterocycles. The fourth-order valence-electron chi connectivity index (χ4n) is 3.48. The van der Waals surface area contributed by atoms with Crippen LogP contribution in [0.25, 0.3) is 0 Å². The molecule has 0 heterocycles. The normalized spacial score (nSPS) is 21.4. The van der Waals surface area contributed by atoms with Crippen LogP contribution in [-0.2, 0) is 0 Å². The highest BCUT2D eigenvalue weighted by Gasteiger charge is 2.24. The molecular formula is C15H32N2. The van der Waals surface area contributed by atoms with Crippen molar-refractivity contribution >= 4 is 0 Å². The van der Waals surface area contributed by atoms with Gasteiger partial charge in [0.15, 0.2) is 0 Å². The van der Waals surface area contributed by atoms with Crippen LogP contribution in [0.4, 0.5) is 0 Å². The van der Waals surface area contributed by atoms with Crippen molar-refractivity contribution in [2.45, 2.75) is 77.7 Å². The van der Waals surface area contributed by atoms with Crippen molar-refractivity contribution < 1.29 is 0 Å². The average Bonchev–Trinajstić information content (AvgIpc) is 2.37. The van der Waals surface area contributed by atoms with E-state index in [1.165, 1.54) is 57.8 Å². The van der Waals surface area contributed by atoms with Crippen LogP contribution in [-0.4, -0.2) is 12.7 Å². The lowest BCUT2D eigenvalue weighted by molar-refractivity contribution is 0.208. The molecule has 0 spiro atoms. The summed E-state index contributed by atoms with van der Waals surface area (Å²) in [6, 6.07) is 0.650. The largest absolute Gasteiger partial charge is 0.318 e. The minimum Gasteiger partial charge on any atom is -0.318 e. The van der Waals surface area contributed by atoms with E-state index in [2.05, 4.69) is 19.2 Å². The number of nitrogens with two attached hydrogens (primary N) is 1. The van der Waals surface area contributed by atoms with Gasteiger partial charge in [0.25, 0.3) is 0 Å². The molecule has 0 bridgehead atoms. The number of hydrogen-bond donors (Lipinski definition) is 2. The third kappa shape index (κ3) is 5.39. The summed E-state index contributed by atoms with van der Waals surface area (Å²) in [4.78, 5) is 0. The molecule has 1 aliphatic rings. The minimum atomic E-state index is 0.631. The summed E-state index contributed by atoms with van der Waals surface area (Å²) in [5, 5.41) is 3.47. The van der Waals surface area contributed by atoms with Crippen molar-refractivity contribution in [3.8, 4) is 0 Å². The maximum atomic E-state index is 5.64. The standard InChI is InChI=1S/C15H32N2/c1-3-8-15(17-12-16)11-13(4-2)14-9-6-5-7-10-14/h13-15,17H,3-12,16H2,1-2H3. The lowest BCUT2D eigenvalue weighted by Crippen LogP contribution is -2.36. The fourth-order valence-corrected chi connectivity index (χ4v) is 3.48. The molecule has 1 aliphatic carbocycles. The van der Waals surface area contributed by atoms with Crippen LogP contribution < -0.4 is 11.1 Å². The first-order chi connectivity index (χ1) is 8.31. The van der Waals surface area contributed by atoms with E-state index in [0.29, 0.717) is 12.7 Å². The molecule has 0 aliphatic heterocycles. The molecular weight excluding hydrogens is 208 g/mol. The Morgan fingerprint density at radius 1 is 1.18 bits per heavy atom. The maximum absolute atomic E-state index is 5.64. The molecule has 0 aromatic rings. The van der Waals surface area contributed by atoms with Gasteiger partial charge in [0, 0.05) is 12.7 Å². The van der Waals surface area contributed by atoms with E-state index in [0.717, 1.165) is 11.8 Å². The molecule has 17 heavy (non-hydrogen) atoms. The van der Waals surface area contributed by atoms with Gasteiger partial charge in [-0.1, -0.05) is 58.8 Å². The van der Waals surface area contributed by atoms with Crippen molar-refractivity contribution in [2.75, 3.05) is 6.67 Å². The smallest absolute Gasteiger partial charge is 0.0430 e. The molecule has 2 nitrogen and oxygen atoms in total. The van der Waals surface area contributed by atoms with Crippen LogP contribution in [0, 0.1) is 11.8 Å². The van der Waals surface area contributed by atoms with E-state index in [9.17, 15) is 0 Å². The van der Waals surface area contributed by atoms with E-state index in [4.69, 9.17) is 5.73 Å². The Morgan fingerprint density at radius 3 is 2.41 bits per heavy atom. The third-order valence-electron chi connectivity index (χ3n) is 4.47. The van der Waals surface area contributed by atoms with Crippen LogP contribution in [0.1, 0.15) is 71.6 Å². The second-order valence-corrected chi connectivity index (χ2v) is 5.70. The molecule has 1 rings (SSSR count). The Bertz CT molecular complexity index is 170. The molecule has 102 valence electrons. The quantitative estimate of drug-likeness (QED) is 0.635.